The Morgan fingerprint density at radius 1 is 1.00 bits per heavy atom. The van der Waals surface area contributed by atoms with Crippen molar-refractivity contribution < 1.29 is 5.11 Å². The summed E-state index contributed by atoms with van der Waals surface area (Å²) in [5, 5.41) is 20.4. The SMILES string of the molecule is CC(C)c1ccc(C(O)C2(C#N)CCCCCC2)cc1. The molecule has 0 spiro atoms. The summed E-state index contributed by atoms with van der Waals surface area (Å²) in [4.78, 5) is 0. The van der Waals surface area contributed by atoms with Gasteiger partial charge in [-0.05, 0) is 29.9 Å². The summed E-state index contributed by atoms with van der Waals surface area (Å²) in [5.74, 6) is 0.490. The van der Waals surface area contributed by atoms with Gasteiger partial charge in [-0.25, -0.2) is 0 Å². The predicted molar refractivity (Wildman–Crippen MR) is 81.2 cm³/mol. The van der Waals surface area contributed by atoms with Crippen LogP contribution in [-0.2, 0) is 0 Å². The summed E-state index contributed by atoms with van der Waals surface area (Å²) in [6.45, 7) is 4.32. The number of aliphatic hydroxyl groups is 1. The molecular weight excluding hydrogens is 246 g/mol. The minimum Gasteiger partial charge on any atom is -0.387 e. The first-order valence-corrected chi connectivity index (χ1v) is 7.78. The highest BCUT2D eigenvalue weighted by atomic mass is 16.3. The van der Waals surface area contributed by atoms with E-state index in [1.54, 1.807) is 0 Å². The van der Waals surface area contributed by atoms with Crippen LogP contribution in [0.2, 0.25) is 0 Å². The lowest BCUT2D eigenvalue weighted by molar-refractivity contribution is 0.0516. The highest BCUT2D eigenvalue weighted by molar-refractivity contribution is 5.28. The standard InChI is InChI=1S/C18H25NO/c1-14(2)15-7-9-16(10-8-15)17(20)18(13-19)11-5-3-4-6-12-18/h7-10,14,17,20H,3-6,11-12H2,1-2H3. The molecule has 0 bridgehead atoms. The Kier molecular flexibility index (Phi) is 4.83. The number of nitriles is 1. The van der Waals surface area contributed by atoms with E-state index in [0.29, 0.717) is 5.92 Å². The molecular formula is C18H25NO. The van der Waals surface area contributed by atoms with Crippen LogP contribution in [0.25, 0.3) is 0 Å². The van der Waals surface area contributed by atoms with Crippen LogP contribution in [-0.4, -0.2) is 5.11 Å². The maximum Gasteiger partial charge on any atom is 0.0976 e. The monoisotopic (exact) mass is 271 g/mol. The minimum atomic E-state index is -0.660. The van der Waals surface area contributed by atoms with E-state index in [0.717, 1.165) is 31.2 Å². The molecule has 0 radical (unpaired) electrons. The average molecular weight is 271 g/mol. The largest absolute Gasteiger partial charge is 0.387 e. The van der Waals surface area contributed by atoms with Crippen molar-refractivity contribution in [1.82, 2.24) is 0 Å². The molecule has 2 heteroatoms. The molecule has 1 atom stereocenters. The molecule has 1 N–H and O–H groups in total. The number of benzene rings is 1. The Morgan fingerprint density at radius 3 is 1.95 bits per heavy atom. The van der Waals surface area contributed by atoms with Crippen LogP contribution in [0.5, 0.6) is 0 Å². The molecule has 0 saturated heterocycles. The minimum absolute atomic E-state index is 0.490. The lowest BCUT2D eigenvalue weighted by atomic mass is 9.74. The summed E-state index contributed by atoms with van der Waals surface area (Å²) >= 11 is 0. The predicted octanol–water partition coefficient (Wildman–Crippen LogP) is 4.71. The first-order chi connectivity index (χ1) is 9.59. The van der Waals surface area contributed by atoms with Crippen molar-refractivity contribution in [2.24, 2.45) is 5.41 Å². The van der Waals surface area contributed by atoms with Crippen molar-refractivity contribution in [3.63, 3.8) is 0 Å². The van der Waals surface area contributed by atoms with Gasteiger partial charge in [-0.3, -0.25) is 0 Å². The summed E-state index contributed by atoms with van der Waals surface area (Å²) in [7, 11) is 0. The van der Waals surface area contributed by atoms with E-state index in [1.165, 1.54) is 18.4 Å². The highest BCUT2D eigenvalue weighted by Crippen LogP contribution is 2.44. The molecule has 0 aliphatic heterocycles. The number of hydrogen-bond donors (Lipinski definition) is 1. The molecule has 20 heavy (non-hydrogen) atoms. The van der Waals surface area contributed by atoms with Crippen LogP contribution in [0.1, 0.15) is 75.5 Å². The van der Waals surface area contributed by atoms with E-state index < -0.39 is 11.5 Å². The second-order valence-corrected chi connectivity index (χ2v) is 6.41. The van der Waals surface area contributed by atoms with Gasteiger partial charge in [0.15, 0.2) is 0 Å². The van der Waals surface area contributed by atoms with E-state index in [2.05, 4.69) is 32.0 Å². The Bertz CT molecular complexity index is 461. The molecule has 2 nitrogen and oxygen atoms in total. The Hall–Kier alpha value is -1.33. The molecule has 0 aromatic heterocycles. The van der Waals surface area contributed by atoms with Crippen LogP contribution in [0.4, 0.5) is 0 Å². The van der Waals surface area contributed by atoms with Crippen LogP contribution in [0.3, 0.4) is 0 Å². The highest BCUT2D eigenvalue weighted by Gasteiger charge is 2.39. The van der Waals surface area contributed by atoms with Crippen molar-refractivity contribution in [3.05, 3.63) is 35.4 Å². The maximum atomic E-state index is 10.7. The average Bonchev–Trinajstić information content (AvgIpc) is 2.73. The molecule has 2 rings (SSSR count). The van der Waals surface area contributed by atoms with Gasteiger partial charge in [0.05, 0.1) is 17.6 Å². The fourth-order valence-electron chi connectivity index (χ4n) is 3.19. The maximum absolute atomic E-state index is 10.7. The molecule has 1 aromatic rings. The molecule has 1 fully saturated rings. The van der Waals surface area contributed by atoms with E-state index >= 15 is 0 Å². The zero-order valence-electron chi connectivity index (χ0n) is 12.6. The van der Waals surface area contributed by atoms with Gasteiger partial charge in [-0.2, -0.15) is 5.26 Å². The Balaban J connectivity index is 2.23. The fourth-order valence-corrected chi connectivity index (χ4v) is 3.19. The number of nitrogens with zero attached hydrogens (tertiary/aromatic N) is 1. The second kappa shape index (κ2) is 6.41. The molecule has 0 amide bonds. The van der Waals surface area contributed by atoms with Crippen molar-refractivity contribution in [1.29, 1.82) is 5.26 Å². The van der Waals surface area contributed by atoms with Crippen molar-refractivity contribution in [2.75, 3.05) is 0 Å². The summed E-state index contributed by atoms with van der Waals surface area (Å²) < 4.78 is 0. The summed E-state index contributed by atoms with van der Waals surface area (Å²) in [5.41, 5.74) is 1.57. The van der Waals surface area contributed by atoms with Gasteiger partial charge in [-0.1, -0.05) is 63.8 Å². The second-order valence-electron chi connectivity index (χ2n) is 6.41. The first-order valence-electron chi connectivity index (χ1n) is 7.78. The molecule has 108 valence electrons. The third-order valence-corrected chi connectivity index (χ3v) is 4.66. The van der Waals surface area contributed by atoms with Crippen LogP contribution >= 0.6 is 0 Å². The number of aliphatic hydroxyl groups excluding tert-OH is 1. The lowest BCUT2D eigenvalue weighted by Crippen LogP contribution is -2.27. The molecule has 0 heterocycles. The van der Waals surface area contributed by atoms with E-state index in [4.69, 9.17) is 0 Å². The normalized spacial score (nSPS) is 20.1. The van der Waals surface area contributed by atoms with E-state index in [1.807, 2.05) is 12.1 Å². The van der Waals surface area contributed by atoms with Crippen molar-refractivity contribution >= 4 is 0 Å². The fraction of sp³-hybridized carbons (Fsp3) is 0.611. The van der Waals surface area contributed by atoms with E-state index in [-0.39, 0.29) is 0 Å². The molecule has 1 aromatic carbocycles. The Morgan fingerprint density at radius 2 is 1.50 bits per heavy atom. The van der Waals surface area contributed by atoms with Gasteiger partial charge < -0.3 is 5.11 Å². The topological polar surface area (TPSA) is 44.0 Å². The third kappa shape index (κ3) is 3.04. The zero-order chi connectivity index (χ0) is 14.6. The lowest BCUT2D eigenvalue weighted by Gasteiger charge is -2.31. The quantitative estimate of drug-likeness (QED) is 0.809. The van der Waals surface area contributed by atoms with Gasteiger partial charge in [0.1, 0.15) is 0 Å². The molecule has 1 aliphatic rings. The van der Waals surface area contributed by atoms with E-state index in [9.17, 15) is 10.4 Å². The van der Waals surface area contributed by atoms with Gasteiger partial charge in [-0.15, -0.1) is 0 Å². The number of hydrogen-bond acceptors (Lipinski definition) is 2. The smallest absolute Gasteiger partial charge is 0.0976 e. The zero-order valence-corrected chi connectivity index (χ0v) is 12.6. The van der Waals surface area contributed by atoms with Crippen LogP contribution < -0.4 is 0 Å². The van der Waals surface area contributed by atoms with Gasteiger partial charge >= 0.3 is 0 Å². The van der Waals surface area contributed by atoms with Crippen LogP contribution in [0.15, 0.2) is 24.3 Å². The van der Waals surface area contributed by atoms with Crippen LogP contribution in [0, 0.1) is 16.7 Å². The molecule has 1 unspecified atom stereocenters. The first kappa shape index (κ1) is 15.1. The third-order valence-electron chi connectivity index (χ3n) is 4.66. The molecule has 1 aliphatic carbocycles. The van der Waals surface area contributed by atoms with Gasteiger partial charge in [0.2, 0.25) is 0 Å². The van der Waals surface area contributed by atoms with Gasteiger partial charge in [0.25, 0.3) is 0 Å². The number of rotatable bonds is 3. The van der Waals surface area contributed by atoms with Crippen molar-refractivity contribution in [2.45, 2.75) is 64.4 Å². The summed E-state index contributed by atoms with van der Waals surface area (Å²) in [6.07, 6.45) is 5.44. The summed E-state index contributed by atoms with van der Waals surface area (Å²) in [6, 6.07) is 10.6. The van der Waals surface area contributed by atoms with Gasteiger partial charge in [0, 0.05) is 0 Å². The van der Waals surface area contributed by atoms with Crippen molar-refractivity contribution in [3.8, 4) is 6.07 Å². The Labute approximate surface area is 122 Å². The molecule has 1 saturated carbocycles.